The van der Waals surface area contributed by atoms with E-state index in [1.807, 2.05) is 0 Å². The van der Waals surface area contributed by atoms with Crippen molar-refractivity contribution < 1.29 is 9.18 Å². The van der Waals surface area contributed by atoms with Crippen LogP contribution < -0.4 is 11.1 Å². The van der Waals surface area contributed by atoms with Crippen molar-refractivity contribution >= 4 is 11.6 Å². The molecule has 3 N–H and O–H groups in total. The van der Waals surface area contributed by atoms with Gasteiger partial charge < -0.3 is 11.1 Å². The van der Waals surface area contributed by atoms with E-state index in [1.54, 1.807) is 0 Å². The standard InChI is InChI=1S/C15H21FN2O/c1-15(2)7-5-11(6-8-15)18-14(19)12-9-10(16)3-4-13(12)17/h3-4,9,11H,5-8,17H2,1-2H3,(H,18,19). The van der Waals surface area contributed by atoms with Gasteiger partial charge in [-0.05, 0) is 49.3 Å². The average molecular weight is 264 g/mol. The second kappa shape index (κ2) is 5.19. The van der Waals surface area contributed by atoms with Crippen molar-refractivity contribution in [3.8, 4) is 0 Å². The normalized spacial score (nSPS) is 19.1. The number of nitrogen functional groups attached to an aromatic ring is 1. The van der Waals surface area contributed by atoms with Crippen molar-refractivity contribution in [1.29, 1.82) is 0 Å². The molecule has 1 aliphatic rings. The minimum atomic E-state index is -0.441. The van der Waals surface area contributed by atoms with Gasteiger partial charge in [-0.25, -0.2) is 4.39 Å². The molecular formula is C15H21FN2O. The van der Waals surface area contributed by atoms with Crippen LogP contribution in [0.25, 0.3) is 0 Å². The molecule has 104 valence electrons. The molecule has 0 heterocycles. The molecule has 1 saturated carbocycles. The van der Waals surface area contributed by atoms with Gasteiger partial charge in [0, 0.05) is 11.7 Å². The van der Waals surface area contributed by atoms with Crippen LogP contribution in [-0.2, 0) is 0 Å². The van der Waals surface area contributed by atoms with Crippen molar-refractivity contribution in [1.82, 2.24) is 5.32 Å². The largest absolute Gasteiger partial charge is 0.398 e. The summed E-state index contributed by atoms with van der Waals surface area (Å²) in [5.41, 5.74) is 6.61. The Bertz CT molecular complexity index is 475. The van der Waals surface area contributed by atoms with Gasteiger partial charge in [0.15, 0.2) is 0 Å². The summed E-state index contributed by atoms with van der Waals surface area (Å²) in [5.74, 6) is -0.717. The molecule has 0 aliphatic heterocycles. The molecule has 1 aromatic rings. The number of benzene rings is 1. The second-order valence-corrected chi connectivity index (χ2v) is 6.14. The number of halogens is 1. The molecule has 2 rings (SSSR count). The van der Waals surface area contributed by atoms with Gasteiger partial charge in [0.25, 0.3) is 5.91 Å². The Hall–Kier alpha value is -1.58. The lowest BCUT2D eigenvalue weighted by atomic mass is 9.75. The molecule has 0 saturated heterocycles. The number of carbonyl (C=O) groups excluding carboxylic acids is 1. The minimum Gasteiger partial charge on any atom is -0.398 e. The van der Waals surface area contributed by atoms with Gasteiger partial charge in [0.2, 0.25) is 0 Å². The van der Waals surface area contributed by atoms with Crippen LogP contribution >= 0.6 is 0 Å². The fourth-order valence-electron chi connectivity index (χ4n) is 2.53. The minimum absolute atomic E-state index is 0.170. The molecule has 0 aromatic heterocycles. The van der Waals surface area contributed by atoms with Crippen molar-refractivity contribution in [2.75, 3.05) is 5.73 Å². The van der Waals surface area contributed by atoms with E-state index in [2.05, 4.69) is 19.2 Å². The molecule has 19 heavy (non-hydrogen) atoms. The molecule has 4 heteroatoms. The Morgan fingerprint density at radius 1 is 1.37 bits per heavy atom. The zero-order valence-electron chi connectivity index (χ0n) is 11.5. The highest BCUT2D eigenvalue weighted by Gasteiger charge is 2.28. The Balaban J connectivity index is 2.00. The lowest BCUT2D eigenvalue weighted by molar-refractivity contribution is 0.0909. The van der Waals surface area contributed by atoms with E-state index in [4.69, 9.17) is 5.73 Å². The molecule has 0 unspecified atom stereocenters. The molecule has 1 fully saturated rings. The van der Waals surface area contributed by atoms with E-state index < -0.39 is 5.82 Å². The van der Waals surface area contributed by atoms with Crippen LogP contribution in [0.1, 0.15) is 49.9 Å². The van der Waals surface area contributed by atoms with E-state index in [-0.39, 0.29) is 17.5 Å². The molecule has 1 amide bonds. The summed E-state index contributed by atoms with van der Waals surface area (Å²) in [5, 5.41) is 2.96. The third-order valence-corrected chi connectivity index (χ3v) is 3.93. The maximum Gasteiger partial charge on any atom is 0.253 e. The van der Waals surface area contributed by atoms with Crippen LogP contribution in [0.3, 0.4) is 0 Å². The summed E-state index contributed by atoms with van der Waals surface area (Å²) in [6, 6.07) is 4.05. The van der Waals surface area contributed by atoms with E-state index in [0.717, 1.165) is 25.7 Å². The molecule has 0 spiro atoms. The van der Waals surface area contributed by atoms with Crippen LogP contribution in [-0.4, -0.2) is 11.9 Å². The summed E-state index contributed by atoms with van der Waals surface area (Å²) in [6.07, 6.45) is 4.12. The van der Waals surface area contributed by atoms with Crippen molar-refractivity contribution in [3.63, 3.8) is 0 Å². The van der Waals surface area contributed by atoms with Crippen LogP contribution in [0.5, 0.6) is 0 Å². The number of hydrogen-bond acceptors (Lipinski definition) is 2. The lowest BCUT2D eigenvalue weighted by Crippen LogP contribution is -2.39. The average Bonchev–Trinajstić information content (AvgIpc) is 2.35. The zero-order chi connectivity index (χ0) is 14.0. The third-order valence-electron chi connectivity index (χ3n) is 3.93. The van der Waals surface area contributed by atoms with Gasteiger partial charge in [-0.2, -0.15) is 0 Å². The monoisotopic (exact) mass is 264 g/mol. The van der Waals surface area contributed by atoms with Crippen molar-refractivity contribution in [2.24, 2.45) is 5.41 Å². The SMILES string of the molecule is CC1(C)CCC(NC(=O)c2cc(F)ccc2N)CC1. The third kappa shape index (κ3) is 3.46. The van der Waals surface area contributed by atoms with Crippen molar-refractivity contribution in [2.45, 2.75) is 45.6 Å². The van der Waals surface area contributed by atoms with Gasteiger partial charge in [0.1, 0.15) is 5.82 Å². The summed E-state index contributed by atoms with van der Waals surface area (Å²) in [7, 11) is 0. The summed E-state index contributed by atoms with van der Waals surface area (Å²) < 4.78 is 13.2. The Labute approximate surface area is 113 Å². The predicted octanol–water partition coefficient (Wildman–Crippen LogP) is 3.11. The van der Waals surface area contributed by atoms with Gasteiger partial charge in [-0.15, -0.1) is 0 Å². The zero-order valence-corrected chi connectivity index (χ0v) is 11.5. The van der Waals surface area contributed by atoms with E-state index in [1.165, 1.54) is 18.2 Å². The second-order valence-electron chi connectivity index (χ2n) is 6.14. The first-order valence-corrected chi connectivity index (χ1v) is 6.73. The Kier molecular flexibility index (Phi) is 3.78. The number of carbonyl (C=O) groups is 1. The van der Waals surface area contributed by atoms with E-state index >= 15 is 0 Å². The van der Waals surface area contributed by atoms with Crippen LogP contribution in [0.4, 0.5) is 10.1 Å². The maximum absolute atomic E-state index is 13.2. The molecule has 0 atom stereocenters. The molecular weight excluding hydrogens is 243 g/mol. The van der Waals surface area contributed by atoms with Gasteiger partial charge >= 0.3 is 0 Å². The first-order chi connectivity index (χ1) is 8.87. The Morgan fingerprint density at radius 2 is 2.00 bits per heavy atom. The highest BCUT2D eigenvalue weighted by atomic mass is 19.1. The number of nitrogens with two attached hydrogens (primary N) is 1. The quantitative estimate of drug-likeness (QED) is 0.806. The van der Waals surface area contributed by atoms with Crippen LogP contribution in [0, 0.1) is 11.2 Å². The van der Waals surface area contributed by atoms with E-state index in [0.29, 0.717) is 11.1 Å². The highest BCUT2D eigenvalue weighted by Crippen LogP contribution is 2.35. The first kappa shape index (κ1) is 13.8. The number of anilines is 1. The molecule has 0 radical (unpaired) electrons. The first-order valence-electron chi connectivity index (χ1n) is 6.73. The summed E-state index contributed by atoms with van der Waals surface area (Å²) in [6.45, 7) is 4.49. The lowest BCUT2D eigenvalue weighted by Gasteiger charge is -2.34. The summed E-state index contributed by atoms with van der Waals surface area (Å²) >= 11 is 0. The fourth-order valence-corrected chi connectivity index (χ4v) is 2.53. The summed E-state index contributed by atoms with van der Waals surface area (Å²) in [4.78, 5) is 12.1. The maximum atomic E-state index is 13.2. The van der Waals surface area contributed by atoms with Crippen molar-refractivity contribution in [3.05, 3.63) is 29.6 Å². The van der Waals surface area contributed by atoms with Crippen LogP contribution in [0.2, 0.25) is 0 Å². The predicted molar refractivity (Wildman–Crippen MR) is 74.3 cm³/mol. The molecule has 0 bridgehead atoms. The topological polar surface area (TPSA) is 55.1 Å². The number of rotatable bonds is 2. The smallest absolute Gasteiger partial charge is 0.253 e. The van der Waals surface area contributed by atoms with E-state index in [9.17, 15) is 9.18 Å². The Morgan fingerprint density at radius 3 is 2.63 bits per heavy atom. The number of nitrogens with one attached hydrogen (secondary N) is 1. The van der Waals surface area contributed by atoms with Crippen LogP contribution in [0.15, 0.2) is 18.2 Å². The number of amides is 1. The van der Waals surface area contributed by atoms with Gasteiger partial charge in [-0.1, -0.05) is 13.8 Å². The van der Waals surface area contributed by atoms with Gasteiger partial charge in [0.05, 0.1) is 5.56 Å². The molecule has 1 aromatic carbocycles. The molecule has 3 nitrogen and oxygen atoms in total. The van der Waals surface area contributed by atoms with Gasteiger partial charge in [-0.3, -0.25) is 4.79 Å². The number of hydrogen-bond donors (Lipinski definition) is 2. The highest BCUT2D eigenvalue weighted by molar-refractivity contribution is 5.99. The fraction of sp³-hybridized carbons (Fsp3) is 0.533. The molecule has 1 aliphatic carbocycles.